The van der Waals surface area contributed by atoms with Crippen molar-refractivity contribution in [2.45, 2.75) is 25.7 Å². The molecule has 1 aromatic rings. The minimum absolute atomic E-state index is 0.0931. The topological polar surface area (TPSA) is 52.9 Å². The molecule has 16 heavy (non-hydrogen) atoms. The molecule has 0 bridgehead atoms. The van der Waals surface area contributed by atoms with Crippen LogP contribution in [-0.4, -0.2) is 5.91 Å². The van der Waals surface area contributed by atoms with Crippen LogP contribution in [0.15, 0.2) is 24.3 Å². The quantitative estimate of drug-likeness (QED) is 0.837. The molecule has 0 heterocycles. The highest BCUT2D eigenvalue weighted by Gasteiger charge is 2.24. The fourth-order valence-corrected chi connectivity index (χ4v) is 1.59. The van der Waals surface area contributed by atoms with E-state index in [9.17, 15) is 4.79 Å². The van der Waals surface area contributed by atoms with Gasteiger partial charge in [0.1, 0.15) is 0 Å². The summed E-state index contributed by atoms with van der Waals surface area (Å²) in [6.45, 7) is 0. The first-order valence-electron chi connectivity index (χ1n) is 5.53. The lowest BCUT2D eigenvalue weighted by molar-refractivity contribution is -0.116. The van der Waals surface area contributed by atoms with E-state index in [2.05, 4.69) is 11.4 Å². The van der Waals surface area contributed by atoms with E-state index in [4.69, 9.17) is 5.26 Å². The number of anilines is 1. The van der Waals surface area contributed by atoms with Gasteiger partial charge in [0.2, 0.25) is 5.91 Å². The lowest BCUT2D eigenvalue weighted by Gasteiger charge is -2.04. The van der Waals surface area contributed by atoms with Gasteiger partial charge in [-0.05, 0) is 36.5 Å². The number of nitriles is 1. The monoisotopic (exact) mass is 214 g/mol. The minimum atomic E-state index is 0.0931. The molecule has 82 valence electrons. The molecule has 1 saturated carbocycles. The summed E-state index contributed by atoms with van der Waals surface area (Å²) in [5.74, 6) is 0.702. The zero-order chi connectivity index (χ0) is 11.4. The van der Waals surface area contributed by atoms with Crippen LogP contribution in [0.4, 0.5) is 5.69 Å². The summed E-state index contributed by atoms with van der Waals surface area (Å²) in [5, 5.41) is 11.4. The lowest BCUT2D eigenvalue weighted by Crippen LogP contribution is -2.11. The average Bonchev–Trinajstić information content (AvgIpc) is 3.05. The molecule has 1 N–H and O–H groups in total. The average molecular weight is 214 g/mol. The Balaban J connectivity index is 1.88. The van der Waals surface area contributed by atoms with Crippen LogP contribution in [0.25, 0.3) is 0 Å². The van der Waals surface area contributed by atoms with Crippen molar-refractivity contribution in [3.8, 4) is 6.07 Å². The Morgan fingerprint density at radius 2 is 2.06 bits per heavy atom. The second-order valence-electron chi connectivity index (χ2n) is 4.23. The van der Waals surface area contributed by atoms with Gasteiger partial charge in [-0.1, -0.05) is 12.1 Å². The van der Waals surface area contributed by atoms with Gasteiger partial charge in [-0.25, -0.2) is 0 Å². The van der Waals surface area contributed by atoms with Crippen molar-refractivity contribution in [1.29, 1.82) is 5.26 Å². The first-order chi connectivity index (χ1) is 7.78. The smallest absolute Gasteiger partial charge is 0.224 e. The third-order valence-corrected chi connectivity index (χ3v) is 2.69. The second-order valence-corrected chi connectivity index (χ2v) is 4.23. The number of nitrogens with zero attached hydrogens (tertiary/aromatic N) is 1. The van der Waals surface area contributed by atoms with Crippen LogP contribution in [0.3, 0.4) is 0 Å². The highest BCUT2D eigenvalue weighted by Crippen LogP contribution is 2.32. The van der Waals surface area contributed by atoms with E-state index in [1.807, 2.05) is 24.3 Å². The van der Waals surface area contributed by atoms with Crippen molar-refractivity contribution in [2.75, 3.05) is 5.32 Å². The van der Waals surface area contributed by atoms with Crippen LogP contribution < -0.4 is 5.32 Å². The van der Waals surface area contributed by atoms with Gasteiger partial charge in [0.25, 0.3) is 0 Å². The normalized spacial score (nSPS) is 14.2. The van der Waals surface area contributed by atoms with Gasteiger partial charge >= 0.3 is 0 Å². The Kier molecular flexibility index (Phi) is 3.21. The Morgan fingerprint density at radius 3 is 2.62 bits per heavy atom. The van der Waals surface area contributed by atoms with Gasteiger partial charge in [-0.2, -0.15) is 5.26 Å². The summed E-state index contributed by atoms with van der Waals surface area (Å²) in [5.41, 5.74) is 1.79. The summed E-state index contributed by atoms with van der Waals surface area (Å²) in [6.07, 6.45) is 3.43. The first-order valence-corrected chi connectivity index (χ1v) is 5.53. The molecule has 0 spiro atoms. The molecule has 0 saturated heterocycles. The van der Waals surface area contributed by atoms with Gasteiger partial charge < -0.3 is 5.32 Å². The molecule has 1 aromatic carbocycles. The fourth-order valence-electron chi connectivity index (χ4n) is 1.59. The molecule has 0 atom stereocenters. The molecule has 0 radical (unpaired) electrons. The number of nitrogens with one attached hydrogen (secondary N) is 1. The van der Waals surface area contributed by atoms with Crippen LogP contribution in [0.5, 0.6) is 0 Å². The lowest BCUT2D eigenvalue weighted by atomic mass is 10.1. The summed E-state index contributed by atoms with van der Waals surface area (Å²) < 4.78 is 0. The van der Waals surface area contributed by atoms with E-state index in [0.717, 1.165) is 11.3 Å². The van der Waals surface area contributed by atoms with Gasteiger partial charge in [0.15, 0.2) is 0 Å². The number of benzene rings is 1. The number of carbonyl (C=O) groups is 1. The van der Waals surface area contributed by atoms with Crippen LogP contribution >= 0.6 is 0 Å². The van der Waals surface area contributed by atoms with Gasteiger partial charge in [0, 0.05) is 12.1 Å². The number of hydrogen-bond acceptors (Lipinski definition) is 2. The third kappa shape index (κ3) is 3.09. The zero-order valence-electron chi connectivity index (χ0n) is 9.07. The Labute approximate surface area is 95.1 Å². The predicted octanol–water partition coefficient (Wildman–Crippen LogP) is 2.49. The maximum atomic E-state index is 11.5. The van der Waals surface area contributed by atoms with Crippen LogP contribution in [0, 0.1) is 17.2 Å². The summed E-state index contributed by atoms with van der Waals surface area (Å²) in [4.78, 5) is 11.5. The van der Waals surface area contributed by atoms with Gasteiger partial charge in [-0.15, -0.1) is 0 Å². The highest BCUT2D eigenvalue weighted by atomic mass is 16.1. The molecule has 0 aromatic heterocycles. The SMILES string of the molecule is N#CCc1ccc(NC(=O)CC2CC2)cc1. The van der Waals surface area contributed by atoms with E-state index >= 15 is 0 Å². The number of carbonyl (C=O) groups excluding carboxylic acids is 1. The molecule has 3 nitrogen and oxygen atoms in total. The van der Waals surface area contributed by atoms with Crippen molar-refractivity contribution < 1.29 is 4.79 Å². The van der Waals surface area contributed by atoms with Crippen molar-refractivity contribution >= 4 is 11.6 Å². The fraction of sp³-hybridized carbons (Fsp3) is 0.385. The van der Waals surface area contributed by atoms with Crippen LogP contribution in [0.1, 0.15) is 24.8 Å². The first kappa shape index (κ1) is 10.7. The maximum Gasteiger partial charge on any atom is 0.224 e. The van der Waals surface area contributed by atoms with Crippen molar-refractivity contribution in [1.82, 2.24) is 0 Å². The molecule has 3 heteroatoms. The van der Waals surface area contributed by atoms with Crippen molar-refractivity contribution in [2.24, 2.45) is 5.92 Å². The maximum absolute atomic E-state index is 11.5. The zero-order valence-corrected chi connectivity index (χ0v) is 9.07. The van der Waals surface area contributed by atoms with Gasteiger partial charge in [0.05, 0.1) is 12.5 Å². The summed E-state index contributed by atoms with van der Waals surface area (Å²) >= 11 is 0. The molecule has 1 aliphatic rings. The number of amides is 1. The Morgan fingerprint density at radius 1 is 1.38 bits per heavy atom. The largest absolute Gasteiger partial charge is 0.326 e. The van der Waals surface area contributed by atoms with Crippen LogP contribution in [0.2, 0.25) is 0 Å². The molecule has 1 aliphatic carbocycles. The van der Waals surface area contributed by atoms with E-state index in [-0.39, 0.29) is 5.91 Å². The van der Waals surface area contributed by atoms with Crippen molar-refractivity contribution in [3.05, 3.63) is 29.8 Å². The standard InChI is InChI=1S/C13H14N2O/c14-8-7-10-3-5-12(6-4-10)15-13(16)9-11-1-2-11/h3-6,11H,1-2,7,9H2,(H,15,16). The number of hydrogen-bond donors (Lipinski definition) is 1. The predicted molar refractivity (Wildman–Crippen MR) is 61.7 cm³/mol. The number of rotatable bonds is 4. The highest BCUT2D eigenvalue weighted by molar-refractivity contribution is 5.91. The van der Waals surface area contributed by atoms with Crippen LogP contribution in [-0.2, 0) is 11.2 Å². The third-order valence-electron chi connectivity index (χ3n) is 2.69. The van der Waals surface area contributed by atoms with E-state index in [1.165, 1.54) is 12.8 Å². The molecule has 1 amide bonds. The molecule has 1 fully saturated rings. The molecular weight excluding hydrogens is 200 g/mol. The molecular formula is C13H14N2O. The van der Waals surface area contributed by atoms with Crippen molar-refractivity contribution in [3.63, 3.8) is 0 Å². The summed E-state index contributed by atoms with van der Waals surface area (Å²) in [6, 6.07) is 9.52. The molecule has 0 aliphatic heterocycles. The minimum Gasteiger partial charge on any atom is -0.326 e. The van der Waals surface area contributed by atoms with Gasteiger partial charge in [-0.3, -0.25) is 4.79 Å². The second kappa shape index (κ2) is 4.80. The van der Waals surface area contributed by atoms with E-state index < -0.39 is 0 Å². The molecule has 2 rings (SSSR count). The van der Waals surface area contributed by atoms with E-state index in [0.29, 0.717) is 18.8 Å². The Bertz CT molecular complexity index is 413. The van der Waals surface area contributed by atoms with E-state index in [1.54, 1.807) is 0 Å². The Hall–Kier alpha value is -1.82. The summed E-state index contributed by atoms with van der Waals surface area (Å²) in [7, 11) is 0. The molecule has 0 unspecified atom stereocenters.